The Kier molecular flexibility index (Phi) is 4.42. The molecule has 0 aliphatic rings. The van der Waals surface area contributed by atoms with E-state index in [2.05, 4.69) is 10.1 Å². The van der Waals surface area contributed by atoms with Crippen LogP contribution in [0.15, 0.2) is 4.52 Å². The van der Waals surface area contributed by atoms with E-state index in [-0.39, 0.29) is 5.97 Å². The smallest absolute Gasteiger partial charge is 0.318 e. The Bertz CT molecular complexity index is 349. The van der Waals surface area contributed by atoms with Crippen LogP contribution in [0, 0.1) is 0 Å². The van der Waals surface area contributed by atoms with Gasteiger partial charge in [-0.05, 0) is 27.9 Å². The van der Waals surface area contributed by atoms with E-state index >= 15 is 0 Å². The third-order valence-corrected chi connectivity index (χ3v) is 1.95. The number of aromatic nitrogens is 2. The minimum Gasteiger partial charge on any atom is -0.465 e. The van der Waals surface area contributed by atoms with Crippen LogP contribution in [-0.2, 0) is 16.1 Å². The van der Waals surface area contributed by atoms with Crippen LogP contribution in [-0.4, -0.2) is 41.7 Å². The van der Waals surface area contributed by atoms with Crippen molar-refractivity contribution in [2.24, 2.45) is 0 Å². The lowest BCUT2D eigenvalue weighted by Crippen LogP contribution is -2.14. The monoisotopic (exact) mass is 227 g/mol. The fourth-order valence-electron chi connectivity index (χ4n) is 1.16. The summed E-state index contributed by atoms with van der Waals surface area (Å²) in [6.45, 7) is 4.38. The van der Waals surface area contributed by atoms with Crippen molar-refractivity contribution in [2.75, 3.05) is 20.7 Å². The normalized spacial score (nSPS) is 12.8. The summed E-state index contributed by atoms with van der Waals surface area (Å²) in [7, 11) is 3.82. The molecular weight excluding hydrogens is 210 g/mol. The maximum atomic E-state index is 11.4. The topological polar surface area (TPSA) is 68.5 Å². The summed E-state index contributed by atoms with van der Waals surface area (Å²) >= 11 is 0. The minimum absolute atomic E-state index is 0.301. The SMILES string of the molecule is CCOC(=O)C(C)c1nc(CN(C)C)no1. The molecule has 90 valence electrons. The Morgan fingerprint density at radius 2 is 2.25 bits per heavy atom. The summed E-state index contributed by atoms with van der Waals surface area (Å²) < 4.78 is 9.88. The molecule has 1 rings (SSSR count). The van der Waals surface area contributed by atoms with E-state index in [9.17, 15) is 4.79 Å². The molecule has 16 heavy (non-hydrogen) atoms. The third-order valence-electron chi connectivity index (χ3n) is 1.95. The van der Waals surface area contributed by atoms with Crippen LogP contribution in [0.3, 0.4) is 0 Å². The van der Waals surface area contributed by atoms with Gasteiger partial charge in [0, 0.05) is 0 Å². The highest BCUT2D eigenvalue weighted by atomic mass is 16.5. The molecule has 6 heteroatoms. The molecule has 0 amide bonds. The summed E-state index contributed by atoms with van der Waals surface area (Å²) in [4.78, 5) is 17.5. The van der Waals surface area contributed by atoms with Crippen LogP contribution in [0.25, 0.3) is 0 Å². The van der Waals surface area contributed by atoms with E-state index in [0.717, 1.165) is 0 Å². The largest absolute Gasteiger partial charge is 0.465 e. The first kappa shape index (κ1) is 12.6. The van der Waals surface area contributed by atoms with Crippen molar-refractivity contribution in [1.82, 2.24) is 15.0 Å². The first-order chi connectivity index (χ1) is 7.54. The molecule has 0 N–H and O–H groups in total. The summed E-state index contributed by atoms with van der Waals surface area (Å²) in [5.41, 5.74) is 0. The van der Waals surface area contributed by atoms with Crippen molar-refractivity contribution in [3.05, 3.63) is 11.7 Å². The van der Waals surface area contributed by atoms with Crippen molar-refractivity contribution in [2.45, 2.75) is 26.3 Å². The highest BCUT2D eigenvalue weighted by molar-refractivity contribution is 5.76. The Labute approximate surface area is 94.6 Å². The Morgan fingerprint density at radius 1 is 1.56 bits per heavy atom. The van der Waals surface area contributed by atoms with Gasteiger partial charge in [-0.15, -0.1) is 0 Å². The predicted octanol–water partition coefficient (Wildman–Crippen LogP) is 0.798. The van der Waals surface area contributed by atoms with Gasteiger partial charge >= 0.3 is 5.97 Å². The van der Waals surface area contributed by atoms with Gasteiger partial charge in [-0.25, -0.2) is 0 Å². The van der Waals surface area contributed by atoms with Crippen LogP contribution in [0.2, 0.25) is 0 Å². The number of carbonyl (C=O) groups is 1. The Balaban J connectivity index is 2.66. The van der Waals surface area contributed by atoms with E-state index in [1.165, 1.54) is 0 Å². The molecule has 1 atom stereocenters. The van der Waals surface area contributed by atoms with E-state index in [1.54, 1.807) is 13.8 Å². The maximum absolute atomic E-state index is 11.4. The van der Waals surface area contributed by atoms with Crippen molar-refractivity contribution in [3.63, 3.8) is 0 Å². The molecule has 0 radical (unpaired) electrons. The van der Waals surface area contributed by atoms with E-state index in [4.69, 9.17) is 9.26 Å². The lowest BCUT2D eigenvalue weighted by Gasteiger charge is -2.05. The molecule has 1 aromatic heterocycles. The molecule has 1 unspecified atom stereocenters. The van der Waals surface area contributed by atoms with Gasteiger partial charge in [0.25, 0.3) is 0 Å². The van der Waals surface area contributed by atoms with Crippen LogP contribution in [0.5, 0.6) is 0 Å². The number of carbonyl (C=O) groups excluding carboxylic acids is 1. The van der Waals surface area contributed by atoms with Gasteiger partial charge in [-0.2, -0.15) is 4.98 Å². The molecule has 6 nitrogen and oxygen atoms in total. The molecule has 0 aliphatic heterocycles. The Morgan fingerprint density at radius 3 is 2.81 bits per heavy atom. The van der Waals surface area contributed by atoms with Crippen LogP contribution in [0.4, 0.5) is 0 Å². The molecule has 0 fully saturated rings. The van der Waals surface area contributed by atoms with Gasteiger partial charge in [0.2, 0.25) is 5.89 Å². The lowest BCUT2D eigenvalue weighted by atomic mass is 10.2. The number of rotatable bonds is 5. The van der Waals surface area contributed by atoms with Gasteiger partial charge < -0.3 is 14.2 Å². The molecule has 1 heterocycles. The fraction of sp³-hybridized carbons (Fsp3) is 0.700. The molecule has 0 aliphatic carbocycles. The molecule has 0 spiro atoms. The van der Waals surface area contributed by atoms with Crippen LogP contribution < -0.4 is 0 Å². The molecular formula is C10H17N3O3. The number of ether oxygens (including phenoxy) is 1. The second-order valence-corrected chi connectivity index (χ2v) is 3.76. The molecule has 0 aromatic carbocycles. The molecule has 0 saturated carbocycles. The fourth-order valence-corrected chi connectivity index (χ4v) is 1.16. The van der Waals surface area contributed by atoms with Gasteiger partial charge in [-0.1, -0.05) is 5.16 Å². The van der Waals surface area contributed by atoms with E-state index in [1.807, 2.05) is 19.0 Å². The summed E-state index contributed by atoms with van der Waals surface area (Å²) in [6, 6.07) is 0. The first-order valence-corrected chi connectivity index (χ1v) is 5.18. The zero-order chi connectivity index (χ0) is 12.1. The number of hydrogen-bond acceptors (Lipinski definition) is 6. The molecule has 1 aromatic rings. The molecule has 0 saturated heterocycles. The Hall–Kier alpha value is -1.43. The summed E-state index contributed by atoms with van der Waals surface area (Å²) in [6.07, 6.45) is 0. The van der Waals surface area contributed by atoms with Crippen molar-refractivity contribution >= 4 is 5.97 Å². The lowest BCUT2D eigenvalue weighted by molar-refractivity contribution is -0.145. The van der Waals surface area contributed by atoms with Crippen molar-refractivity contribution in [1.29, 1.82) is 0 Å². The average molecular weight is 227 g/mol. The third kappa shape index (κ3) is 3.30. The van der Waals surface area contributed by atoms with Crippen molar-refractivity contribution < 1.29 is 14.1 Å². The predicted molar refractivity (Wildman–Crippen MR) is 56.7 cm³/mol. The van der Waals surface area contributed by atoms with Gasteiger partial charge in [0.05, 0.1) is 13.2 Å². The molecule has 0 bridgehead atoms. The van der Waals surface area contributed by atoms with Crippen LogP contribution >= 0.6 is 0 Å². The quantitative estimate of drug-likeness (QED) is 0.693. The van der Waals surface area contributed by atoms with Crippen molar-refractivity contribution in [3.8, 4) is 0 Å². The number of hydrogen-bond donors (Lipinski definition) is 0. The van der Waals surface area contributed by atoms with Gasteiger partial charge in [0.1, 0.15) is 5.92 Å². The van der Waals surface area contributed by atoms with Crippen LogP contribution in [0.1, 0.15) is 31.5 Å². The maximum Gasteiger partial charge on any atom is 0.318 e. The summed E-state index contributed by atoms with van der Waals surface area (Å²) in [5, 5.41) is 3.78. The second-order valence-electron chi connectivity index (χ2n) is 3.76. The summed E-state index contributed by atoms with van der Waals surface area (Å²) in [5.74, 6) is 0.0114. The zero-order valence-electron chi connectivity index (χ0n) is 10.1. The number of esters is 1. The highest BCUT2D eigenvalue weighted by Gasteiger charge is 2.22. The van der Waals surface area contributed by atoms with Gasteiger partial charge in [-0.3, -0.25) is 4.79 Å². The highest BCUT2D eigenvalue weighted by Crippen LogP contribution is 2.14. The first-order valence-electron chi connectivity index (χ1n) is 5.18. The van der Waals surface area contributed by atoms with E-state index < -0.39 is 5.92 Å². The van der Waals surface area contributed by atoms with E-state index in [0.29, 0.717) is 24.9 Å². The average Bonchev–Trinajstić information content (AvgIpc) is 2.64. The minimum atomic E-state index is -0.511. The number of nitrogens with zero attached hydrogens (tertiary/aromatic N) is 3. The second kappa shape index (κ2) is 5.60. The standard InChI is InChI=1S/C10H17N3O3/c1-5-15-10(14)7(2)9-11-8(12-16-9)6-13(3)4/h7H,5-6H2,1-4H3. The van der Waals surface area contributed by atoms with Gasteiger partial charge in [0.15, 0.2) is 5.82 Å². The zero-order valence-corrected chi connectivity index (χ0v) is 10.1.